The largest absolute Gasteiger partial charge is 0.396 e. The van der Waals surface area contributed by atoms with Crippen molar-refractivity contribution in [3.63, 3.8) is 0 Å². The molecule has 0 saturated carbocycles. The van der Waals surface area contributed by atoms with E-state index < -0.39 is 9.28 Å². The first kappa shape index (κ1) is 14.1. The van der Waals surface area contributed by atoms with Crippen LogP contribution in [0.5, 0.6) is 0 Å². The Kier molecular flexibility index (Phi) is 8.05. The number of hydrogen-bond donors (Lipinski definition) is 0. The number of nitrogens with zero attached hydrogens (tertiary/aromatic N) is 1. The average Bonchev–Trinajstić information content (AvgIpc) is 2.34. The van der Waals surface area contributed by atoms with Crippen LogP contribution in [0.3, 0.4) is 0 Å². The summed E-state index contributed by atoms with van der Waals surface area (Å²) in [7, 11) is -1.47. The van der Waals surface area contributed by atoms with Gasteiger partial charge >= 0.3 is 9.28 Å². The van der Waals surface area contributed by atoms with E-state index in [-0.39, 0.29) is 0 Å². The van der Waals surface area contributed by atoms with Crippen LogP contribution >= 0.6 is 0 Å². The van der Waals surface area contributed by atoms with E-state index in [1.165, 1.54) is 0 Å². The summed E-state index contributed by atoms with van der Waals surface area (Å²) in [5, 5.41) is 0. The minimum atomic E-state index is -1.47. The van der Waals surface area contributed by atoms with E-state index in [1.54, 1.807) is 0 Å². The number of rotatable bonds is 8. The first-order chi connectivity index (χ1) is 7.86. The zero-order chi connectivity index (χ0) is 11.6. The molecule has 96 valence electrons. The second kappa shape index (κ2) is 9.12. The molecule has 0 aliphatic carbocycles. The lowest BCUT2D eigenvalue weighted by Crippen LogP contribution is -2.45. The molecular weight excluding hydrogens is 222 g/mol. The second-order valence-electron chi connectivity index (χ2n) is 4.08. The van der Waals surface area contributed by atoms with Crippen molar-refractivity contribution in [2.75, 3.05) is 45.7 Å². The Bertz CT molecular complexity index is 157. The maximum absolute atomic E-state index is 5.83. The molecular formula is C11H25NO3Si. The molecule has 1 aliphatic heterocycles. The Morgan fingerprint density at radius 2 is 1.62 bits per heavy atom. The third-order valence-electron chi connectivity index (χ3n) is 2.53. The number of ether oxygens (including phenoxy) is 1. The Labute approximate surface area is 101 Å². The minimum Gasteiger partial charge on any atom is -0.396 e. The zero-order valence-corrected chi connectivity index (χ0v) is 11.8. The summed E-state index contributed by atoms with van der Waals surface area (Å²) >= 11 is 0. The molecule has 1 heterocycles. The SMILES string of the molecule is CCCO[SiH](CN1CCOCC1)OCCC. The monoisotopic (exact) mass is 247 g/mol. The van der Waals surface area contributed by atoms with Crippen molar-refractivity contribution >= 4 is 9.28 Å². The van der Waals surface area contributed by atoms with Gasteiger partial charge in [0, 0.05) is 32.5 Å². The van der Waals surface area contributed by atoms with Gasteiger partial charge in [-0.3, -0.25) is 4.90 Å². The second-order valence-corrected chi connectivity index (χ2v) is 5.98. The summed E-state index contributed by atoms with van der Waals surface area (Å²) in [6, 6.07) is 0. The molecule has 0 aromatic carbocycles. The molecule has 0 amide bonds. The lowest BCUT2D eigenvalue weighted by molar-refractivity contribution is 0.0400. The first-order valence-electron chi connectivity index (χ1n) is 6.40. The molecule has 0 unspecified atom stereocenters. The molecule has 0 bridgehead atoms. The summed E-state index contributed by atoms with van der Waals surface area (Å²) < 4.78 is 17.0. The van der Waals surface area contributed by atoms with E-state index in [9.17, 15) is 0 Å². The van der Waals surface area contributed by atoms with Crippen LogP contribution in [0, 0.1) is 0 Å². The normalized spacial score (nSPS) is 18.2. The fourth-order valence-electron chi connectivity index (χ4n) is 1.65. The molecule has 1 aliphatic rings. The van der Waals surface area contributed by atoms with Gasteiger partial charge in [0.2, 0.25) is 0 Å². The van der Waals surface area contributed by atoms with E-state index >= 15 is 0 Å². The van der Waals surface area contributed by atoms with Crippen LogP contribution in [0.2, 0.25) is 0 Å². The van der Waals surface area contributed by atoms with Gasteiger partial charge in [-0.15, -0.1) is 0 Å². The predicted octanol–water partition coefficient (Wildman–Crippen LogP) is 0.931. The molecule has 0 aromatic rings. The molecule has 1 rings (SSSR count). The maximum atomic E-state index is 5.83. The Balaban J connectivity index is 2.23. The summed E-state index contributed by atoms with van der Waals surface area (Å²) in [6.45, 7) is 9.70. The van der Waals surface area contributed by atoms with Crippen LogP contribution in [-0.2, 0) is 13.6 Å². The lowest BCUT2D eigenvalue weighted by atomic mass is 10.5. The summed E-state index contributed by atoms with van der Waals surface area (Å²) in [6.07, 6.45) is 3.15. The average molecular weight is 247 g/mol. The van der Waals surface area contributed by atoms with Crippen molar-refractivity contribution < 1.29 is 13.6 Å². The molecule has 0 radical (unpaired) electrons. The first-order valence-corrected chi connectivity index (χ1v) is 8.16. The molecule has 0 atom stereocenters. The highest BCUT2D eigenvalue weighted by Gasteiger charge is 2.19. The van der Waals surface area contributed by atoms with Gasteiger partial charge in [-0.05, 0) is 12.8 Å². The van der Waals surface area contributed by atoms with Crippen molar-refractivity contribution in [1.29, 1.82) is 0 Å². The smallest absolute Gasteiger partial charge is 0.335 e. The summed E-state index contributed by atoms with van der Waals surface area (Å²) in [5.41, 5.74) is 0. The Morgan fingerprint density at radius 1 is 1.06 bits per heavy atom. The zero-order valence-electron chi connectivity index (χ0n) is 10.6. The Morgan fingerprint density at radius 3 is 2.12 bits per heavy atom. The van der Waals surface area contributed by atoms with E-state index in [4.69, 9.17) is 13.6 Å². The van der Waals surface area contributed by atoms with Crippen LogP contribution in [0.4, 0.5) is 0 Å². The van der Waals surface area contributed by atoms with E-state index in [1.807, 2.05) is 0 Å². The van der Waals surface area contributed by atoms with Gasteiger partial charge in [0.05, 0.1) is 13.2 Å². The van der Waals surface area contributed by atoms with Gasteiger partial charge in [-0.1, -0.05) is 13.8 Å². The molecule has 16 heavy (non-hydrogen) atoms. The predicted molar refractivity (Wildman–Crippen MR) is 66.9 cm³/mol. The molecule has 0 aromatic heterocycles. The molecule has 4 nitrogen and oxygen atoms in total. The summed E-state index contributed by atoms with van der Waals surface area (Å²) in [4.78, 5) is 2.41. The maximum Gasteiger partial charge on any atom is 0.335 e. The molecule has 1 saturated heterocycles. The highest BCUT2D eigenvalue weighted by molar-refractivity contribution is 6.44. The van der Waals surface area contributed by atoms with Crippen LogP contribution in [0.1, 0.15) is 26.7 Å². The highest BCUT2D eigenvalue weighted by atomic mass is 28.3. The molecule has 5 heteroatoms. The number of morpholine rings is 1. The summed E-state index contributed by atoms with van der Waals surface area (Å²) in [5.74, 6) is 0. The topological polar surface area (TPSA) is 30.9 Å². The van der Waals surface area contributed by atoms with Crippen LogP contribution in [0.15, 0.2) is 0 Å². The quantitative estimate of drug-likeness (QED) is 0.597. The lowest BCUT2D eigenvalue weighted by Gasteiger charge is -2.29. The molecule has 0 N–H and O–H groups in total. The standard InChI is InChI=1S/C11H25NO3Si/c1-3-7-14-16(15-8-4-2)11-12-5-9-13-10-6-12/h16H,3-11H2,1-2H3. The van der Waals surface area contributed by atoms with Crippen molar-refractivity contribution in [2.45, 2.75) is 26.7 Å². The number of hydrogen-bond acceptors (Lipinski definition) is 4. The molecule has 0 spiro atoms. The van der Waals surface area contributed by atoms with Gasteiger partial charge in [0.1, 0.15) is 0 Å². The van der Waals surface area contributed by atoms with Crippen LogP contribution in [-0.4, -0.2) is 59.9 Å². The van der Waals surface area contributed by atoms with Gasteiger partial charge in [0.15, 0.2) is 0 Å². The van der Waals surface area contributed by atoms with Crippen molar-refractivity contribution in [3.05, 3.63) is 0 Å². The fourth-order valence-corrected chi connectivity index (χ4v) is 3.74. The van der Waals surface area contributed by atoms with Crippen LogP contribution < -0.4 is 0 Å². The van der Waals surface area contributed by atoms with Crippen molar-refractivity contribution in [1.82, 2.24) is 4.90 Å². The van der Waals surface area contributed by atoms with Crippen LogP contribution in [0.25, 0.3) is 0 Å². The molecule has 1 fully saturated rings. The van der Waals surface area contributed by atoms with E-state index in [2.05, 4.69) is 18.7 Å². The van der Waals surface area contributed by atoms with Crippen molar-refractivity contribution in [2.24, 2.45) is 0 Å². The van der Waals surface area contributed by atoms with Crippen molar-refractivity contribution in [3.8, 4) is 0 Å². The van der Waals surface area contributed by atoms with Gasteiger partial charge in [0.25, 0.3) is 0 Å². The van der Waals surface area contributed by atoms with E-state index in [0.29, 0.717) is 0 Å². The third-order valence-corrected chi connectivity index (χ3v) is 4.56. The van der Waals surface area contributed by atoms with E-state index in [0.717, 1.165) is 58.5 Å². The fraction of sp³-hybridized carbons (Fsp3) is 1.00. The van der Waals surface area contributed by atoms with Gasteiger partial charge in [-0.2, -0.15) is 0 Å². The van der Waals surface area contributed by atoms with Gasteiger partial charge < -0.3 is 13.6 Å². The Hall–Kier alpha value is 0.0569. The minimum absolute atomic E-state index is 0.838. The van der Waals surface area contributed by atoms with Gasteiger partial charge in [-0.25, -0.2) is 0 Å². The third kappa shape index (κ3) is 5.96. The highest BCUT2D eigenvalue weighted by Crippen LogP contribution is 2.01.